The topological polar surface area (TPSA) is 106 Å². The highest BCUT2D eigenvalue weighted by Crippen LogP contribution is 2.32. The Bertz CT molecular complexity index is 1460. The van der Waals surface area contributed by atoms with Crippen LogP contribution in [0.3, 0.4) is 0 Å². The van der Waals surface area contributed by atoms with Crippen LogP contribution in [0.15, 0.2) is 52.0 Å². The number of carbonyl (C=O) groups is 1. The lowest BCUT2D eigenvalue weighted by Gasteiger charge is -2.19. The van der Waals surface area contributed by atoms with E-state index in [2.05, 4.69) is 32.1 Å². The standard InChI is InChI=1S/C27H23BrCl2N4O5/c1-15-25(28)22(13-36-3)21(11-31)26(32-15)38-14-24-33-34(16(2)35)27(39-24)17-5-8-20(9-6-17)37-12-18-4-7-19(29)10-23(18)30/h4-10,27H,12-14H2,1-3H3/t27-/m1/s1. The van der Waals surface area contributed by atoms with E-state index >= 15 is 0 Å². The molecule has 9 nitrogen and oxygen atoms in total. The molecule has 202 valence electrons. The molecule has 1 aliphatic rings. The van der Waals surface area contributed by atoms with Gasteiger partial charge in [0.05, 0.1) is 12.3 Å². The Morgan fingerprint density at radius 1 is 1.15 bits per heavy atom. The van der Waals surface area contributed by atoms with Crippen LogP contribution in [0.1, 0.15) is 41.1 Å². The molecule has 0 spiro atoms. The van der Waals surface area contributed by atoms with Gasteiger partial charge in [-0.2, -0.15) is 10.3 Å². The predicted octanol–water partition coefficient (Wildman–Crippen LogP) is 6.33. The van der Waals surface area contributed by atoms with Crippen LogP contribution in [0.4, 0.5) is 0 Å². The molecule has 0 saturated heterocycles. The van der Waals surface area contributed by atoms with Crippen LogP contribution in [0.5, 0.6) is 11.6 Å². The average molecular weight is 634 g/mol. The van der Waals surface area contributed by atoms with E-state index in [1.54, 1.807) is 49.4 Å². The number of ether oxygens (including phenoxy) is 4. The summed E-state index contributed by atoms with van der Waals surface area (Å²) in [5.74, 6) is 0.573. The number of amides is 1. The second-order valence-corrected chi connectivity index (χ2v) is 10.1. The molecule has 0 saturated carbocycles. The lowest BCUT2D eigenvalue weighted by Crippen LogP contribution is -2.25. The van der Waals surface area contributed by atoms with Gasteiger partial charge in [0.2, 0.25) is 23.9 Å². The zero-order chi connectivity index (χ0) is 28.1. The van der Waals surface area contributed by atoms with E-state index in [1.165, 1.54) is 19.0 Å². The number of halogens is 3. The minimum absolute atomic E-state index is 0.122. The number of methoxy groups -OCH3 is 1. The fourth-order valence-corrected chi connectivity index (χ4v) is 4.62. The first kappa shape index (κ1) is 28.6. The summed E-state index contributed by atoms with van der Waals surface area (Å²) in [6.45, 7) is 3.50. The molecule has 4 rings (SSSR count). The van der Waals surface area contributed by atoms with E-state index in [4.69, 9.17) is 42.1 Å². The zero-order valence-corrected chi connectivity index (χ0v) is 24.3. The highest BCUT2D eigenvalue weighted by Gasteiger charge is 2.33. The lowest BCUT2D eigenvalue weighted by atomic mass is 10.1. The lowest BCUT2D eigenvalue weighted by molar-refractivity contribution is -0.135. The third-order valence-electron chi connectivity index (χ3n) is 5.69. The summed E-state index contributed by atoms with van der Waals surface area (Å²) in [6, 6.07) is 14.4. The average Bonchev–Trinajstić information content (AvgIpc) is 3.35. The number of benzene rings is 2. The summed E-state index contributed by atoms with van der Waals surface area (Å²) in [4.78, 5) is 16.7. The second-order valence-electron chi connectivity index (χ2n) is 8.42. The Morgan fingerprint density at radius 2 is 1.90 bits per heavy atom. The van der Waals surface area contributed by atoms with Gasteiger partial charge >= 0.3 is 0 Å². The van der Waals surface area contributed by atoms with E-state index in [9.17, 15) is 10.1 Å². The van der Waals surface area contributed by atoms with Crippen LogP contribution < -0.4 is 9.47 Å². The van der Waals surface area contributed by atoms with Crippen LogP contribution >= 0.6 is 39.1 Å². The van der Waals surface area contributed by atoms with Gasteiger partial charge in [-0.05, 0) is 59.3 Å². The molecule has 2 heterocycles. The van der Waals surface area contributed by atoms with Crippen molar-refractivity contribution in [2.45, 2.75) is 33.3 Å². The van der Waals surface area contributed by atoms with Crippen LogP contribution in [0.25, 0.3) is 0 Å². The maximum Gasteiger partial charge on any atom is 0.247 e. The molecule has 1 aliphatic heterocycles. The quantitative estimate of drug-likeness (QED) is 0.271. The Morgan fingerprint density at radius 3 is 2.54 bits per heavy atom. The Kier molecular flexibility index (Phi) is 9.30. The number of rotatable bonds is 9. The van der Waals surface area contributed by atoms with Crippen molar-refractivity contribution in [1.82, 2.24) is 9.99 Å². The monoisotopic (exact) mass is 632 g/mol. The number of pyridine rings is 1. The number of hydrogen-bond donors (Lipinski definition) is 0. The van der Waals surface area contributed by atoms with Crippen molar-refractivity contribution in [3.8, 4) is 17.7 Å². The van der Waals surface area contributed by atoms with Gasteiger partial charge in [-0.15, -0.1) is 5.10 Å². The highest BCUT2D eigenvalue weighted by atomic mass is 79.9. The molecule has 1 atom stereocenters. The molecule has 39 heavy (non-hydrogen) atoms. The van der Waals surface area contributed by atoms with Crippen LogP contribution in [0, 0.1) is 18.3 Å². The van der Waals surface area contributed by atoms with E-state index in [-0.39, 0.29) is 43.1 Å². The fourth-order valence-electron chi connectivity index (χ4n) is 3.76. The maximum atomic E-state index is 12.3. The predicted molar refractivity (Wildman–Crippen MR) is 149 cm³/mol. The molecule has 1 amide bonds. The summed E-state index contributed by atoms with van der Waals surface area (Å²) < 4.78 is 23.5. The van der Waals surface area contributed by atoms with E-state index < -0.39 is 6.23 Å². The molecular weight excluding hydrogens is 611 g/mol. The molecule has 0 radical (unpaired) electrons. The SMILES string of the molecule is COCc1c(Br)c(C)nc(OCC2=NN(C(C)=O)[C@@H](c3ccc(OCc4ccc(Cl)cc4Cl)cc3)O2)c1C#N. The third-order valence-corrected chi connectivity index (χ3v) is 7.33. The molecular formula is C27H23BrCl2N4O5. The summed E-state index contributed by atoms with van der Waals surface area (Å²) in [5, 5.41) is 16.3. The van der Waals surface area contributed by atoms with Crippen molar-refractivity contribution in [2.75, 3.05) is 13.7 Å². The molecule has 12 heteroatoms. The van der Waals surface area contributed by atoms with Crippen molar-refractivity contribution < 1.29 is 23.7 Å². The smallest absolute Gasteiger partial charge is 0.247 e. The first-order valence-electron chi connectivity index (χ1n) is 11.6. The summed E-state index contributed by atoms with van der Waals surface area (Å²) >= 11 is 15.6. The number of aryl methyl sites for hydroxylation is 1. The van der Waals surface area contributed by atoms with E-state index in [0.29, 0.717) is 37.1 Å². The first-order valence-corrected chi connectivity index (χ1v) is 13.2. The highest BCUT2D eigenvalue weighted by molar-refractivity contribution is 9.10. The number of nitriles is 1. The van der Waals surface area contributed by atoms with Gasteiger partial charge in [-0.25, -0.2) is 4.98 Å². The van der Waals surface area contributed by atoms with Gasteiger partial charge in [0.1, 0.15) is 24.0 Å². The summed E-state index contributed by atoms with van der Waals surface area (Å²) in [5.41, 5.74) is 2.98. The number of nitrogens with zero attached hydrogens (tertiary/aromatic N) is 4. The normalized spacial score (nSPS) is 14.4. The van der Waals surface area contributed by atoms with Crippen molar-refractivity contribution in [2.24, 2.45) is 5.10 Å². The van der Waals surface area contributed by atoms with Gasteiger partial charge in [-0.1, -0.05) is 29.3 Å². The summed E-state index contributed by atoms with van der Waals surface area (Å²) in [7, 11) is 1.54. The number of hydrazone groups is 1. The van der Waals surface area contributed by atoms with Crippen LogP contribution in [-0.2, 0) is 27.5 Å². The second kappa shape index (κ2) is 12.7. The molecule has 0 N–H and O–H groups in total. The number of aromatic nitrogens is 1. The molecule has 2 aromatic carbocycles. The maximum absolute atomic E-state index is 12.3. The van der Waals surface area contributed by atoms with Crippen molar-refractivity contribution in [3.05, 3.63) is 84.9 Å². The van der Waals surface area contributed by atoms with Crippen molar-refractivity contribution in [1.29, 1.82) is 5.26 Å². The molecule has 3 aromatic rings. The van der Waals surface area contributed by atoms with Gasteiger partial charge in [-0.3, -0.25) is 4.79 Å². The van der Waals surface area contributed by atoms with Gasteiger partial charge in [0.15, 0.2) is 6.61 Å². The van der Waals surface area contributed by atoms with Crippen molar-refractivity contribution >= 4 is 50.9 Å². The molecule has 0 bridgehead atoms. The van der Waals surface area contributed by atoms with Crippen LogP contribution in [-0.4, -0.2) is 35.5 Å². The number of carbonyl (C=O) groups excluding carboxylic acids is 1. The first-order chi connectivity index (χ1) is 18.7. The number of hydrogen-bond acceptors (Lipinski definition) is 8. The minimum Gasteiger partial charge on any atom is -0.489 e. The Hall–Kier alpha value is -3.36. The van der Waals surface area contributed by atoms with Gasteiger partial charge in [0.25, 0.3) is 0 Å². The van der Waals surface area contributed by atoms with Crippen molar-refractivity contribution in [3.63, 3.8) is 0 Å². The zero-order valence-electron chi connectivity index (χ0n) is 21.2. The molecule has 0 fully saturated rings. The molecule has 0 unspecified atom stereocenters. The van der Waals surface area contributed by atoms with E-state index in [0.717, 1.165) is 5.56 Å². The third kappa shape index (κ3) is 6.62. The van der Waals surface area contributed by atoms with Crippen LogP contribution in [0.2, 0.25) is 10.0 Å². The summed E-state index contributed by atoms with van der Waals surface area (Å²) in [6.07, 6.45) is -0.792. The molecule has 1 aromatic heterocycles. The van der Waals surface area contributed by atoms with Gasteiger partial charge in [0, 0.05) is 45.2 Å². The Balaban J connectivity index is 1.45. The Labute approximate surface area is 244 Å². The van der Waals surface area contributed by atoms with E-state index in [1.807, 2.05) is 0 Å². The molecule has 0 aliphatic carbocycles. The fraction of sp³-hybridized carbons (Fsp3) is 0.259. The largest absolute Gasteiger partial charge is 0.489 e. The van der Waals surface area contributed by atoms with Gasteiger partial charge < -0.3 is 18.9 Å². The minimum atomic E-state index is -0.792.